The topological polar surface area (TPSA) is 165 Å². The van der Waals surface area contributed by atoms with E-state index in [1.807, 2.05) is 48.5 Å². The maximum atomic E-state index is 12.3. The first-order valence-corrected chi connectivity index (χ1v) is 14.2. The SMILES string of the molecule is CC(=O)Cn1c(=O)c(CCCc2ccccc2)cn(C)c1=O.CC(=O)Cn1c(=O)c(N)cn(C)c1=O.O=CCc1ccccc1. The lowest BCUT2D eigenvalue weighted by Gasteiger charge is -2.09. The summed E-state index contributed by atoms with van der Waals surface area (Å²) in [5.41, 5.74) is 6.21. The van der Waals surface area contributed by atoms with Crippen LogP contribution in [0.25, 0.3) is 0 Å². The number of aromatic nitrogens is 4. The van der Waals surface area contributed by atoms with E-state index in [9.17, 15) is 33.6 Å². The number of nitrogen functional groups attached to an aromatic ring is 1. The number of benzene rings is 2. The van der Waals surface area contributed by atoms with Crippen molar-refractivity contribution in [3.05, 3.63) is 131 Å². The molecule has 0 amide bonds. The normalized spacial score (nSPS) is 10.1. The van der Waals surface area contributed by atoms with Gasteiger partial charge < -0.3 is 19.7 Å². The second-order valence-corrected chi connectivity index (χ2v) is 10.4. The molecule has 0 aliphatic heterocycles. The zero-order valence-electron chi connectivity index (χ0n) is 26.0. The van der Waals surface area contributed by atoms with Crippen LogP contribution < -0.4 is 28.2 Å². The van der Waals surface area contributed by atoms with Gasteiger partial charge in [0.15, 0.2) is 0 Å². The van der Waals surface area contributed by atoms with Gasteiger partial charge in [-0.15, -0.1) is 0 Å². The van der Waals surface area contributed by atoms with Crippen molar-refractivity contribution in [2.45, 2.75) is 52.6 Å². The number of aldehydes is 1. The van der Waals surface area contributed by atoms with Crippen molar-refractivity contribution in [2.75, 3.05) is 5.73 Å². The highest BCUT2D eigenvalue weighted by atomic mass is 16.2. The predicted octanol–water partition coefficient (Wildman–Crippen LogP) is 1.46. The molecule has 0 radical (unpaired) electrons. The van der Waals surface area contributed by atoms with Crippen LogP contribution in [0.15, 0.2) is 92.2 Å². The van der Waals surface area contributed by atoms with Crippen LogP contribution in [0.1, 0.15) is 37.0 Å². The quantitative estimate of drug-likeness (QED) is 0.261. The Morgan fingerprint density at radius 2 is 1.16 bits per heavy atom. The van der Waals surface area contributed by atoms with E-state index in [2.05, 4.69) is 12.1 Å². The minimum atomic E-state index is -0.622. The largest absolute Gasteiger partial charge is 0.393 e. The minimum Gasteiger partial charge on any atom is -0.393 e. The van der Waals surface area contributed by atoms with Crippen molar-refractivity contribution < 1.29 is 14.4 Å². The molecule has 0 atom stereocenters. The van der Waals surface area contributed by atoms with Crippen LogP contribution in [0.4, 0.5) is 5.69 Å². The van der Waals surface area contributed by atoms with Gasteiger partial charge in [-0.1, -0.05) is 60.7 Å². The Morgan fingerprint density at radius 3 is 1.64 bits per heavy atom. The first-order chi connectivity index (χ1) is 21.3. The Hall–Kier alpha value is -5.39. The van der Waals surface area contributed by atoms with Crippen LogP contribution >= 0.6 is 0 Å². The molecule has 4 rings (SSSR count). The van der Waals surface area contributed by atoms with Gasteiger partial charge in [0.25, 0.3) is 11.1 Å². The van der Waals surface area contributed by atoms with Crippen molar-refractivity contribution in [1.82, 2.24) is 18.3 Å². The third kappa shape index (κ3) is 11.3. The fourth-order valence-electron chi connectivity index (χ4n) is 4.28. The van der Waals surface area contributed by atoms with Gasteiger partial charge in [-0.25, -0.2) is 9.59 Å². The van der Waals surface area contributed by atoms with E-state index < -0.39 is 16.9 Å². The van der Waals surface area contributed by atoms with Gasteiger partial charge in [0.05, 0.1) is 13.1 Å². The standard InChI is InChI=1S/C17H20N2O3.C8H11N3O3.C8H8O/c1-13(20)11-19-16(21)15(12-18(2)17(19)22)10-6-9-14-7-4-3-5-8-14;1-5(12)3-11-7(13)6(9)4-10(2)8(11)14;9-7-6-8-4-2-1-3-5-8/h3-5,7-8,12H,6,9-11H2,1-2H3;4H,3,9H2,1-2H3;1-5,7H,6H2. The van der Waals surface area contributed by atoms with Crippen LogP contribution in [0.5, 0.6) is 0 Å². The Kier molecular flexibility index (Phi) is 14.1. The number of carbonyl (C=O) groups excluding carboxylic acids is 3. The Morgan fingerprint density at radius 1 is 0.689 bits per heavy atom. The molecule has 0 aliphatic carbocycles. The summed E-state index contributed by atoms with van der Waals surface area (Å²) in [6.07, 6.45) is 6.52. The highest BCUT2D eigenvalue weighted by Gasteiger charge is 2.11. The summed E-state index contributed by atoms with van der Waals surface area (Å²) in [6.45, 7) is 2.26. The van der Waals surface area contributed by atoms with Gasteiger partial charge in [-0.3, -0.25) is 28.3 Å². The number of carbonyl (C=O) groups is 3. The molecule has 0 saturated carbocycles. The average Bonchev–Trinajstić information content (AvgIpc) is 3.01. The Bertz CT molecular complexity index is 1800. The van der Waals surface area contributed by atoms with Crippen LogP contribution in [0.3, 0.4) is 0 Å². The molecule has 2 N–H and O–H groups in total. The molecule has 2 aromatic heterocycles. The van der Waals surface area contributed by atoms with Crippen molar-refractivity contribution >= 4 is 23.5 Å². The van der Waals surface area contributed by atoms with E-state index >= 15 is 0 Å². The summed E-state index contributed by atoms with van der Waals surface area (Å²) in [5.74, 6) is -0.476. The van der Waals surface area contributed by atoms with Crippen molar-refractivity contribution in [3.63, 3.8) is 0 Å². The minimum absolute atomic E-state index is 0.0478. The monoisotopic (exact) mass is 617 g/mol. The van der Waals surface area contributed by atoms with Gasteiger partial charge in [0.1, 0.15) is 23.5 Å². The van der Waals surface area contributed by atoms with E-state index in [1.165, 1.54) is 41.8 Å². The molecular weight excluding hydrogens is 578 g/mol. The van der Waals surface area contributed by atoms with E-state index in [1.54, 1.807) is 13.2 Å². The summed E-state index contributed by atoms with van der Waals surface area (Å²) >= 11 is 0. The molecule has 4 aromatic rings. The van der Waals surface area contributed by atoms with Crippen LogP contribution in [0.2, 0.25) is 0 Å². The second-order valence-electron chi connectivity index (χ2n) is 10.4. The molecule has 12 heteroatoms. The van der Waals surface area contributed by atoms with Gasteiger partial charge in [-0.05, 0) is 44.2 Å². The molecule has 0 unspecified atom stereocenters. The van der Waals surface area contributed by atoms with Crippen LogP contribution in [-0.4, -0.2) is 36.1 Å². The number of ketones is 2. The maximum absolute atomic E-state index is 12.3. The van der Waals surface area contributed by atoms with Gasteiger partial charge in [0.2, 0.25) is 0 Å². The molecule has 45 heavy (non-hydrogen) atoms. The van der Waals surface area contributed by atoms with E-state index in [-0.39, 0.29) is 35.9 Å². The molecule has 0 bridgehead atoms. The van der Waals surface area contributed by atoms with Crippen molar-refractivity contribution in [3.8, 4) is 0 Å². The van der Waals surface area contributed by atoms with Gasteiger partial charge in [-0.2, -0.15) is 0 Å². The Labute approximate surface area is 260 Å². The number of anilines is 1. The fourth-order valence-corrected chi connectivity index (χ4v) is 4.28. The number of rotatable bonds is 10. The predicted molar refractivity (Wildman–Crippen MR) is 172 cm³/mol. The third-order valence-electron chi connectivity index (χ3n) is 6.44. The van der Waals surface area contributed by atoms with Crippen LogP contribution in [-0.2, 0) is 60.8 Å². The molecule has 2 aromatic carbocycles. The van der Waals surface area contributed by atoms with Crippen molar-refractivity contribution in [2.24, 2.45) is 14.1 Å². The number of hydrogen-bond acceptors (Lipinski definition) is 8. The first kappa shape index (κ1) is 35.8. The molecule has 0 aliphatic rings. The summed E-state index contributed by atoms with van der Waals surface area (Å²) in [4.78, 5) is 79.0. The zero-order chi connectivity index (χ0) is 33.5. The number of nitrogens with two attached hydrogens (primary N) is 1. The van der Waals surface area contributed by atoms with E-state index in [0.29, 0.717) is 18.4 Å². The fraction of sp³-hybridized carbons (Fsp3) is 0.303. The van der Waals surface area contributed by atoms with E-state index in [4.69, 9.17) is 5.73 Å². The summed E-state index contributed by atoms with van der Waals surface area (Å²) < 4.78 is 4.36. The average molecular weight is 618 g/mol. The number of hydrogen-bond donors (Lipinski definition) is 1. The summed E-state index contributed by atoms with van der Waals surface area (Å²) in [6, 6.07) is 19.7. The number of Topliss-reactive ketones (excluding diaryl/α,β-unsaturated/α-hetero) is 2. The number of nitrogens with zero attached hydrogens (tertiary/aromatic N) is 4. The molecule has 0 fully saturated rings. The highest BCUT2D eigenvalue weighted by Crippen LogP contribution is 2.05. The Balaban J connectivity index is 0.000000261. The van der Waals surface area contributed by atoms with Crippen molar-refractivity contribution in [1.29, 1.82) is 0 Å². The molecular formula is C33H39N5O7. The third-order valence-corrected chi connectivity index (χ3v) is 6.44. The van der Waals surface area contributed by atoms with Gasteiger partial charge in [0, 0.05) is 38.5 Å². The summed E-state index contributed by atoms with van der Waals surface area (Å²) in [7, 11) is 3.06. The molecule has 0 saturated heterocycles. The lowest BCUT2D eigenvalue weighted by molar-refractivity contribution is -0.118. The van der Waals surface area contributed by atoms with Gasteiger partial charge >= 0.3 is 11.4 Å². The maximum Gasteiger partial charge on any atom is 0.331 e. The lowest BCUT2D eigenvalue weighted by Crippen LogP contribution is -2.41. The highest BCUT2D eigenvalue weighted by molar-refractivity contribution is 5.75. The van der Waals surface area contributed by atoms with E-state index in [0.717, 1.165) is 33.8 Å². The number of aryl methyl sites for hydroxylation is 4. The molecule has 238 valence electrons. The zero-order valence-corrected chi connectivity index (χ0v) is 26.0. The first-order valence-electron chi connectivity index (χ1n) is 14.2. The van der Waals surface area contributed by atoms with Crippen LogP contribution in [0, 0.1) is 0 Å². The lowest BCUT2D eigenvalue weighted by atomic mass is 10.1. The second kappa shape index (κ2) is 17.7. The molecule has 12 nitrogen and oxygen atoms in total. The molecule has 2 heterocycles. The summed E-state index contributed by atoms with van der Waals surface area (Å²) in [5, 5.41) is 0. The smallest absolute Gasteiger partial charge is 0.331 e. The molecule has 0 spiro atoms.